The molecule has 1 aromatic heterocycles. The molecule has 0 fully saturated rings. The minimum absolute atomic E-state index is 0.279. The maximum Gasteiger partial charge on any atom is 0.341 e. The number of amides is 1. The van der Waals surface area contributed by atoms with Crippen LogP contribution in [0.2, 0.25) is 0 Å². The molecule has 0 saturated heterocycles. The number of anilines is 1. The van der Waals surface area contributed by atoms with E-state index in [2.05, 4.69) is 4.98 Å². The van der Waals surface area contributed by atoms with Crippen molar-refractivity contribution in [2.75, 3.05) is 20.0 Å². The lowest BCUT2D eigenvalue weighted by Gasteiger charge is -2.13. The Kier molecular flexibility index (Phi) is 5.32. The van der Waals surface area contributed by atoms with Crippen molar-refractivity contribution in [3.05, 3.63) is 58.9 Å². The Labute approximate surface area is 168 Å². The normalized spacial score (nSPS) is 10.6. The fourth-order valence-electron chi connectivity index (χ4n) is 3.53. The Morgan fingerprint density at radius 1 is 1.00 bits per heavy atom. The Hall–Kier alpha value is -3.74. The molecule has 1 amide bonds. The molecule has 2 aromatic carbocycles. The van der Waals surface area contributed by atoms with E-state index in [4.69, 9.17) is 20.9 Å². The number of aromatic amines is 1. The summed E-state index contributed by atoms with van der Waals surface area (Å²) in [5.41, 5.74) is 17.6. The molecule has 0 saturated carbocycles. The molecule has 0 unspecified atom stereocenters. The number of rotatable bonds is 5. The first-order valence-electron chi connectivity index (χ1n) is 8.94. The van der Waals surface area contributed by atoms with Crippen LogP contribution < -0.4 is 16.2 Å². The highest BCUT2D eigenvalue weighted by molar-refractivity contribution is 6.05. The number of ether oxygens (including phenoxy) is 2. The molecule has 0 aliphatic carbocycles. The van der Waals surface area contributed by atoms with Gasteiger partial charge in [0.1, 0.15) is 17.0 Å². The summed E-state index contributed by atoms with van der Waals surface area (Å²) in [5, 5.41) is 0. The average Bonchev–Trinajstić information content (AvgIpc) is 3.04. The molecule has 0 radical (unpaired) electrons. The van der Waals surface area contributed by atoms with Crippen molar-refractivity contribution < 1.29 is 19.1 Å². The zero-order valence-electron chi connectivity index (χ0n) is 16.8. The predicted octanol–water partition coefficient (Wildman–Crippen LogP) is 3.44. The highest BCUT2D eigenvalue weighted by Crippen LogP contribution is 2.41. The van der Waals surface area contributed by atoms with Crippen LogP contribution >= 0.6 is 0 Å². The van der Waals surface area contributed by atoms with Gasteiger partial charge < -0.3 is 25.9 Å². The van der Waals surface area contributed by atoms with Crippen molar-refractivity contribution in [3.8, 4) is 28.0 Å². The Bertz CT molecular complexity index is 1120. The number of aryl methyl sites for hydroxylation is 2. The number of nitrogens with one attached hydrogen (secondary N) is 1. The lowest BCUT2D eigenvalue weighted by Crippen LogP contribution is -2.13. The van der Waals surface area contributed by atoms with E-state index in [1.165, 1.54) is 14.2 Å². The number of carbonyl (C=O) groups is 2. The molecule has 0 aliphatic rings. The molecule has 0 atom stereocenters. The third kappa shape index (κ3) is 3.54. The summed E-state index contributed by atoms with van der Waals surface area (Å²) in [6.45, 7) is 3.83. The largest absolute Gasteiger partial charge is 0.496 e. The second-order valence-corrected chi connectivity index (χ2v) is 6.72. The summed E-state index contributed by atoms with van der Waals surface area (Å²) >= 11 is 0. The van der Waals surface area contributed by atoms with Gasteiger partial charge in [0, 0.05) is 22.5 Å². The first-order valence-corrected chi connectivity index (χ1v) is 8.94. The molecule has 5 N–H and O–H groups in total. The van der Waals surface area contributed by atoms with Crippen LogP contribution in [0, 0.1) is 13.8 Å². The Morgan fingerprint density at radius 3 is 2.31 bits per heavy atom. The third-order valence-electron chi connectivity index (χ3n) is 4.85. The van der Waals surface area contributed by atoms with Crippen molar-refractivity contribution in [2.24, 2.45) is 5.73 Å². The number of carbonyl (C=O) groups excluding carboxylic acids is 2. The van der Waals surface area contributed by atoms with Crippen molar-refractivity contribution in [1.82, 2.24) is 4.98 Å². The number of aromatic nitrogens is 1. The van der Waals surface area contributed by atoms with Gasteiger partial charge in [0.25, 0.3) is 5.91 Å². The maximum absolute atomic E-state index is 12.2. The predicted molar refractivity (Wildman–Crippen MR) is 112 cm³/mol. The molecule has 0 spiro atoms. The summed E-state index contributed by atoms with van der Waals surface area (Å²) in [6.07, 6.45) is 0. The highest BCUT2D eigenvalue weighted by atomic mass is 16.5. The highest BCUT2D eigenvalue weighted by Gasteiger charge is 2.24. The van der Waals surface area contributed by atoms with E-state index in [0.29, 0.717) is 22.6 Å². The summed E-state index contributed by atoms with van der Waals surface area (Å²) in [7, 11) is 2.77. The summed E-state index contributed by atoms with van der Waals surface area (Å²) in [6, 6.07) is 10.6. The van der Waals surface area contributed by atoms with Gasteiger partial charge in [-0.25, -0.2) is 4.79 Å². The van der Waals surface area contributed by atoms with E-state index >= 15 is 0 Å². The van der Waals surface area contributed by atoms with E-state index in [9.17, 15) is 9.59 Å². The zero-order chi connectivity index (χ0) is 21.3. The van der Waals surface area contributed by atoms with E-state index < -0.39 is 11.9 Å². The molecule has 150 valence electrons. The van der Waals surface area contributed by atoms with Crippen LogP contribution in [0.4, 0.5) is 5.69 Å². The van der Waals surface area contributed by atoms with E-state index in [-0.39, 0.29) is 11.3 Å². The number of benzene rings is 2. The van der Waals surface area contributed by atoms with Crippen molar-refractivity contribution in [2.45, 2.75) is 13.8 Å². The monoisotopic (exact) mass is 393 g/mol. The molecular weight excluding hydrogens is 370 g/mol. The fourth-order valence-corrected chi connectivity index (χ4v) is 3.53. The van der Waals surface area contributed by atoms with Gasteiger partial charge in [-0.1, -0.05) is 12.1 Å². The number of methoxy groups -OCH3 is 2. The molecular formula is C22H23N3O4. The van der Waals surface area contributed by atoms with Crippen LogP contribution in [0.1, 0.15) is 32.1 Å². The van der Waals surface area contributed by atoms with Crippen molar-refractivity contribution in [1.29, 1.82) is 0 Å². The van der Waals surface area contributed by atoms with Crippen LogP contribution in [-0.4, -0.2) is 31.1 Å². The van der Waals surface area contributed by atoms with Gasteiger partial charge in [0.2, 0.25) is 0 Å². The summed E-state index contributed by atoms with van der Waals surface area (Å²) in [5.74, 6) is -0.759. The van der Waals surface area contributed by atoms with E-state index in [1.807, 2.05) is 32.0 Å². The van der Waals surface area contributed by atoms with E-state index in [1.54, 1.807) is 18.2 Å². The molecule has 0 bridgehead atoms. The van der Waals surface area contributed by atoms with Crippen molar-refractivity contribution in [3.63, 3.8) is 0 Å². The number of nitrogen functional groups attached to an aromatic ring is 1. The Balaban J connectivity index is 2.31. The van der Waals surface area contributed by atoms with Crippen LogP contribution in [0.25, 0.3) is 22.3 Å². The van der Waals surface area contributed by atoms with Crippen molar-refractivity contribution >= 4 is 17.6 Å². The minimum atomic E-state index is -0.585. The zero-order valence-corrected chi connectivity index (χ0v) is 16.8. The van der Waals surface area contributed by atoms with E-state index in [0.717, 1.165) is 22.4 Å². The Morgan fingerprint density at radius 2 is 1.72 bits per heavy atom. The molecule has 0 aliphatic heterocycles. The standard InChI is InChI=1S/C22H23N3O4/c1-11-9-14(23)6-8-15(11)18-12(2)25-20(21(24)26)19(18)13-5-7-16(22(27)29-4)17(10-13)28-3/h5-10,25H,23H2,1-4H3,(H2,24,26). The number of esters is 1. The minimum Gasteiger partial charge on any atom is -0.496 e. The van der Waals surface area contributed by atoms with Crippen LogP contribution in [-0.2, 0) is 4.74 Å². The van der Waals surface area contributed by atoms with Gasteiger partial charge in [-0.15, -0.1) is 0 Å². The quantitative estimate of drug-likeness (QED) is 0.453. The van der Waals surface area contributed by atoms with Gasteiger partial charge in [-0.3, -0.25) is 4.79 Å². The van der Waals surface area contributed by atoms with Crippen LogP contribution in [0.15, 0.2) is 36.4 Å². The molecule has 1 heterocycles. The smallest absolute Gasteiger partial charge is 0.341 e. The number of primary amides is 1. The lowest BCUT2D eigenvalue weighted by atomic mass is 9.91. The average molecular weight is 393 g/mol. The molecule has 3 aromatic rings. The third-order valence-corrected chi connectivity index (χ3v) is 4.85. The SMILES string of the molecule is COC(=O)c1ccc(-c2c(C(N)=O)[nH]c(C)c2-c2ccc(N)cc2C)cc1OC. The second kappa shape index (κ2) is 7.71. The molecule has 7 nitrogen and oxygen atoms in total. The van der Waals surface area contributed by atoms with Gasteiger partial charge in [-0.2, -0.15) is 0 Å². The summed E-state index contributed by atoms with van der Waals surface area (Å²) in [4.78, 5) is 27.3. The van der Waals surface area contributed by atoms with Gasteiger partial charge in [-0.05, 0) is 54.8 Å². The summed E-state index contributed by atoms with van der Waals surface area (Å²) < 4.78 is 10.2. The number of H-pyrrole nitrogens is 1. The topological polar surface area (TPSA) is 120 Å². The molecule has 3 rings (SSSR count). The van der Waals surface area contributed by atoms with Crippen LogP contribution in [0.5, 0.6) is 5.75 Å². The number of hydrogen-bond donors (Lipinski definition) is 3. The van der Waals surface area contributed by atoms with Gasteiger partial charge >= 0.3 is 5.97 Å². The van der Waals surface area contributed by atoms with Crippen LogP contribution in [0.3, 0.4) is 0 Å². The fraction of sp³-hybridized carbons (Fsp3) is 0.182. The first-order chi connectivity index (χ1) is 13.8. The van der Waals surface area contributed by atoms with Gasteiger partial charge in [0.15, 0.2) is 0 Å². The number of nitrogens with two attached hydrogens (primary N) is 2. The molecule has 29 heavy (non-hydrogen) atoms. The maximum atomic E-state index is 12.2. The molecule has 7 heteroatoms. The first kappa shape index (κ1) is 20.0. The number of hydrogen-bond acceptors (Lipinski definition) is 5. The van der Waals surface area contributed by atoms with Gasteiger partial charge in [0.05, 0.1) is 14.2 Å². The lowest BCUT2D eigenvalue weighted by molar-refractivity contribution is 0.0597. The second-order valence-electron chi connectivity index (χ2n) is 6.72.